The van der Waals surface area contributed by atoms with Crippen molar-refractivity contribution in [2.24, 2.45) is 5.73 Å². The molecule has 2 N–H and O–H groups in total. The molecule has 33 heavy (non-hydrogen) atoms. The second kappa shape index (κ2) is 8.84. The van der Waals surface area contributed by atoms with Crippen LogP contribution in [0.15, 0.2) is 99.5 Å². The van der Waals surface area contributed by atoms with E-state index in [1.54, 1.807) is 22.8 Å². The fourth-order valence-electron chi connectivity index (χ4n) is 4.28. The van der Waals surface area contributed by atoms with Crippen LogP contribution in [-0.2, 0) is 6.54 Å². The average molecular weight is 460 g/mol. The number of hydrogen-bond acceptors (Lipinski definition) is 4. The number of aromatic nitrogens is 2. The van der Waals surface area contributed by atoms with Crippen LogP contribution in [0.25, 0.3) is 11.1 Å². The molecule has 0 bridgehead atoms. The molecule has 1 aliphatic rings. The van der Waals surface area contributed by atoms with Gasteiger partial charge in [0.2, 0.25) is 0 Å². The zero-order valence-electron chi connectivity index (χ0n) is 17.7. The van der Waals surface area contributed by atoms with Gasteiger partial charge < -0.3 is 5.73 Å². The number of halogens is 1. The van der Waals surface area contributed by atoms with Crippen LogP contribution in [0.5, 0.6) is 0 Å². The van der Waals surface area contributed by atoms with Gasteiger partial charge in [-0.25, -0.2) is 9.18 Å². The summed E-state index contributed by atoms with van der Waals surface area (Å²) in [6.07, 6.45) is 0. The number of benzene rings is 3. The lowest BCUT2D eigenvalue weighted by Crippen LogP contribution is -2.44. The quantitative estimate of drug-likeness (QED) is 0.454. The summed E-state index contributed by atoms with van der Waals surface area (Å²) in [6.45, 7) is -0.00438. The maximum Gasteiger partial charge on any atom is 0.332 e. The van der Waals surface area contributed by atoms with E-state index < -0.39 is 23.1 Å². The number of nitrogens with two attached hydrogens (primary N) is 1. The van der Waals surface area contributed by atoms with Crippen LogP contribution in [0.1, 0.15) is 23.2 Å². The van der Waals surface area contributed by atoms with Crippen LogP contribution in [0.3, 0.4) is 0 Å². The molecule has 0 saturated heterocycles. The Labute approximate surface area is 194 Å². The average Bonchev–Trinajstić information content (AvgIpc) is 3.29. The predicted molar refractivity (Wildman–Crippen MR) is 129 cm³/mol. The fourth-order valence-corrected chi connectivity index (χ4v) is 5.62. The topological polar surface area (TPSA) is 70.0 Å². The van der Waals surface area contributed by atoms with Crippen molar-refractivity contribution in [1.82, 2.24) is 9.13 Å². The van der Waals surface area contributed by atoms with Crippen molar-refractivity contribution in [2.75, 3.05) is 5.75 Å². The third-order valence-electron chi connectivity index (χ3n) is 5.95. The van der Waals surface area contributed by atoms with Crippen molar-refractivity contribution < 1.29 is 4.39 Å². The van der Waals surface area contributed by atoms with Gasteiger partial charge in [0.05, 0.1) is 23.2 Å². The summed E-state index contributed by atoms with van der Waals surface area (Å²) < 4.78 is 17.6. The maximum atomic E-state index is 14.8. The Bertz CT molecular complexity index is 1420. The number of fused-ring (bicyclic) bond motifs is 1. The largest absolute Gasteiger partial charge is 0.332 e. The van der Waals surface area contributed by atoms with Crippen LogP contribution < -0.4 is 17.0 Å². The lowest BCUT2D eigenvalue weighted by Gasteiger charge is -2.20. The number of hydrogen-bond donors (Lipinski definition) is 1. The van der Waals surface area contributed by atoms with Gasteiger partial charge in [0.1, 0.15) is 5.82 Å². The highest BCUT2D eigenvalue weighted by Crippen LogP contribution is 2.40. The SMILES string of the molecule is N[C@@H](Cn1c(=O)c(-c2ccccc2F)c2n(c1=O)C(c1ccccc1)CS2)c1ccccc1. The summed E-state index contributed by atoms with van der Waals surface area (Å²) in [5, 5.41) is 0.494. The van der Waals surface area contributed by atoms with Gasteiger partial charge >= 0.3 is 5.69 Å². The normalized spacial score (nSPS) is 15.9. The zero-order valence-corrected chi connectivity index (χ0v) is 18.5. The van der Waals surface area contributed by atoms with Crippen molar-refractivity contribution in [3.05, 3.63) is 123 Å². The molecule has 2 heterocycles. The molecule has 5 rings (SSSR count). The van der Waals surface area contributed by atoms with Crippen LogP contribution >= 0.6 is 11.8 Å². The van der Waals surface area contributed by atoms with Crippen LogP contribution in [0, 0.1) is 5.82 Å². The van der Waals surface area contributed by atoms with Gasteiger partial charge in [-0.15, -0.1) is 11.8 Å². The monoisotopic (exact) mass is 459 g/mol. The first-order valence-corrected chi connectivity index (χ1v) is 11.7. The van der Waals surface area contributed by atoms with Crippen molar-refractivity contribution in [3.63, 3.8) is 0 Å². The summed E-state index contributed by atoms with van der Waals surface area (Å²) in [7, 11) is 0. The van der Waals surface area contributed by atoms with Gasteiger partial charge in [-0.05, 0) is 17.2 Å². The van der Waals surface area contributed by atoms with E-state index in [0.29, 0.717) is 10.8 Å². The van der Waals surface area contributed by atoms with E-state index in [-0.39, 0.29) is 23.7 Å². The van der Waals surface area contributed by atoms with Gasteiger partial charge in [-0.2, -0.15) is 0 Å². The number of thioether (sulfide) groups is 1. The Hall–Kier alpha value is -3.42. The molecule has 0 amide bonds. The second-order valence-corrected chi connectivity index (χ2v) is 8.99. The first-order chi connectivity index (χ1) is 16.1. The molecule has 7 heteroatoms. The minimum absolute atomic E-state index is 0.00438. The summed E-state index contributed by atoms with van der Waals surface area (Å²) in [5.74, 6) is 0.0771. The molecular formula is C26H22FN3O2S. The van der Waals surface area contributed by atoms with Crippen LogP contribution in [-0.4, -0.2) is 14.9 Å². The van der Waals surface area contributed by atoms with Crippen molar-refractivity contribution in [2.45, 2.75) is 23.7 Å². The van der Waals surface area contributed by atoms with Crippen LogP contribution in [0.2, 0.25) is 0 Å². The Kier molecular flexibility index (Phi) is 5.74. The third-order valence-corrected chi connectivity index (χ3v) is 7.11. The highest BCUT2D eigenvalue weighted by atomic mass is 32.2. The molecule has 1 aromatic heterocycles. The van der Waals surface area contributed by atoms with Gasteiger partial charge in [-0.1, -0.05) is 78.9 Å². The van der Waals surface area contributed by atoms with E-state index >= 15 is 0 Å². The standard InChI is InChI=1S/C26H22FN3O2S/c27-20-14-8-7-13-19(20)23-24(31)29(15-21(28)17-9-3-1-4-10-17)26(32)30-22(16-33-25(23)30)18-11-5-2-6-12-18/h1-14,21-22H,15-16,28H2/t21-,22?/m0/s1. The summed E-state index contributed by atoms with van der Waals surface area (Å²) in [5.41, 5.74) is 7.60. The lowest BCUT2D eigenvalue weighted by atomic mass is 10.1. The third kappa shape index (κ3) is 3.83. The zero-order chi connectivity index (χ0) is 22.9. The lowest BCUT2D eigenvalue weighted by molar-refractivity contribution is 0.477. The van der Waals surface area contributed by atoms with E-state index in [2.05, 4.69) is 0 Å². The molecule has 0 fully saturated rings. The van der Waals surface area contributed by atoms with Gasteiger partial charge in [0.15, 0.2) is 0 Å². The molecule has 1 aliphatic heterocycles. The fraction of sp³-hybridized carbons (Fsp3) is 0.154. The first-order valence-electron chi connectivity index (χ1n) is 10.7. The van der Waals surface area contributed by atoms with Crippen molar-refractivity contribution >= 4 is 11.8 Å². The van der Waals surface area contributed by atoms with E-state index in [1.165, 1.54) is 17.8 Å². The van der Waals surface area contributed by atoms with E-state index in [0.717, 1.165) is 15.7 Å². The predicted octanol–water partition coefficient (Wildman–Crippen LogP) is 4.21. The highest BCUT2D eigenvalue weighted by molar-refractivity contribution is 7.99. The molecule has 3 aromatic carbocycles. The van der Waals surface area contributed by atoms with E-state index in [9.17, 15) is 14.0 Å². The second-order valence-electron chi connectivity index (χ2n) is 7.98. The molecule has 0 aliphatic carbocycles. The number of nitrogens with zero attached hydrogens (tertiary/aromatic N) is 2. The molecule has 4 aromatic rings. The molecule has 0 spiro atoms. The summed E-state index contributed by atoms with van der Waals surface area (Å²) in [4.78, 5) is 27.3. The summed E-state index contributed by atoms with van der Waals surface area (Å²) in [6, 6.07) is 24.4. The van der Waals surface area contributed by atoms with E-state index in [4.69, 9.17) is 5.73 Å². The minimum Gasteiger partial charge on any atom is -0.322 e. The molecule has 1 unspecified atom stereocenters. The van der Waals surface area contributed by atoms with Gasteiger partial charge in [-0.3, -0.25) is 13.9 Å². The number of rotatable bonds is 5. The Morgan fingerprint density at radius 2 is 1.58 bits per heavy atom. The smallest absolute Gasteiger partial charge is 0.322 e. The molecule has 0 radical (unpaired) electrons. The van der Waals surface area contributed by atoms with Crippen molar-refractivity contribution in [1.29, 1.82) is 0 Å². The Balaban J connectivity index is 1.73. The molecule has 2 atom stereocenters. The first kappa shape index (κ1) is 21.4. The Morgan fingerprint density at radius 3 is 2.27 bits per heavy atom. The molecule has 0 saturated carbocycles. The van der Waals surface area contributed by atoms with Gasteiger partial charge in [0.25, 0.3) is 5.56 Å². The van der Waals surface area contributed by atoms with Crippen molar-refractivity contribution in [3.8, 4) is 11.1 Å². The Morgan fingerprint density at radius 1 is 0.939 bits per heavy atom. The van der Waals surface area contributed by atoms with E-state index in [1.807, 2.05) is 60.7 Å². The van der Waals surface area contributed by atoms with Gasteiger partial charge in [0, 0.05) is 17.4 Å². The molecule has 166 valence electrons. The molecular weight excluding hydrogens is 437 g/mol. The van der Waals surface area contributed by atoms with Crippen LogP contribution in [0.4, 0.5) is 4.39 Å². The summed E-state index contributed by atoms with van der Waals surface area (Å²) >= 11 is 1.40. The minimum atomic E-state index is -0.562. The highest BCUT2D eigenvalue weighted by Gasteiger charge is 2.32. The molecule has 5 nitrogen and oxygen atoms in total. The maximum absolute atomic E-state index is 14.8.